The number of nitrogens with zero attached hydrogens (tertiary/aromatic N) is 4. The molecule has 1 fully saturated rings. The van der Waals surface area contributed by atoms with Crippen LogP contribution in [0.15, 0.2) is 48.8 Å². The Labute approximate surface area is 245 Å². The molecular weight excluding hydrogens is 650 g/mol. The molecule has 2 atom stereocenters. The standard InChI is InChI=1S/C20H28N4.2CHF3O3S.Fe/c1-23(15-17-9-5-7-13-21-17)19-11-3-4-12-20(19)24(2)16-18-10-6-8-14-22-18;2*2-1(3,4)8(5,6)7;/h5-10,13-14,19-20H,3-4,11-12,15-16H2,1-2H3;2*(H,5,6,7);/q;;;+2/p-2. The first kappa shape index (κ1) is 39.1. The molecule has 41 heavy (non-hydrogen) atoms. The second-order valence-corrected chi connectivity index (χ2v) is 11.4. The monoisotopic (exact) mass is 678 g/mol. The average Bonchev–Trinajstić information content (AvgIpc) is 2.83. The molecule has 0 N–H and O–H groups in total. The van der Waals surface area contributed by atoms with Crippen LogP contribution in [0.2, 0.25) is 0 Å². The van der Waals surface area contributed by atoms with Gasteiger partial charge in [-0.15, -0.1) is 0 Å². The molecule has 19 heteroatoms. The number of hydrogen-bond donors (Lipinski definition) is 0. The van der Waals surface area contributed by atoms with E-state index < -0.39 is 31.3 Å². The molecule has 1 aliphatic rings. The quantitative estimate of drug-likeness (QED) is 0.193. The number of halogens is 6. The number of pyridine rings is 2. The molecule has 3 rings (SSSR count). The van der Waals surface area contributed by atoms with Gasteiger partial charge in [0.15, 0.2) is 20.2 Å². The molecule has 0 spiro atoms. The Bertz CT molecular complexity index is 1140. The summed E-state index contributed by atoms with van der Waals surface area (Å²) in [6.07, 6.45) is 8.95. The van der Waals surface area contributed by atoms with Gasteiger partial charge in [0, 0.05) is 37.6 Å². The van der Waals surface area contributed by atoms with Crippen LogP contribution >= 0.6 is 0 Å². The molecule has 0 aliphatic heterocycles. The van der Waals surface area contributed by atoms with Gasteiger partial charge >= 0.3 is 28.1 Å². The molecule has 0 aromatic carbocycles. The third-order valence-electron chi connectivity index (χ3n) is 5.67. The summed E-state index contributed by atoms with van der Waals surface area (Å²) in [5.74, 6) is 0. The minimum Gasteiger partial charge on any atom is -0.741 e. The van der Waals surface area contributed by atoms with Crippen molar-refractivity contribution in [2.75, 3.05) is 14.1 Å². The summed E-state index contributed by atoms with van der Waals surface area (Å²) in [6.45, 7) is 1.83. The van der Waals surface area contributed by atoms with E-state index in [1.54, 1.807) is 0 Å². The summed E-state index contributed by atoms with van der Waals surface area (Å²) in [5.41, 5.74) is -8.99. The van der Waals surface area contributed by atoms with Gasteiger partial charge in [-0.05, 0) is 51.2 Å². The van der Waals surface area contributed by atoms with Crippen LogP contribution in [-0.2, 0) is 50.4 Å². The smallest absolute Gasteiger partial charge is 0.741 e. The molecule has 0 bridgehead atoms. The van der Waals surface area contributed by atoms with E-state index in [2.05, 4.69) is 58.1 Å². The SMILES string of the molecule is CN(Cc1ccccn1)C1CCCCC1N(C)Cc1ccccn1.O=S(=O)([O-])C(F)(F)F.O=S(=O)([O-])C(F)(F)F.[Fe+2]. The molecule has 0 saturated heterocycles. The Kier molecular flexibility index (Phi) is 15.9. The van der Waals surface area contributed by atoms with E-state index >= 15 is 0 Å². The van der Waals surface area contributed by atoms with Crippen LogP contribution in [0.4, 0.5) is 26.3 Å². The third-order valence-corrected chi connectivity index (χ3v) is 6.80. The van der Waals surface area contributed by atoms with Crippen molar-refractivity contribution in [2.45, 2.75) is 61.9 Å². The minimum absolute atomic E-state index is 0. The van der Waals surface area contributed by atoms with E-state index in [0.717, 1.165) is 24.5 Å². The van der Waals surface area contributed by atoms with Crippen molar-refractivity contribution in [1.82, 2.24) is 19.8 Å². The zero-order valence-corrected chi connectivity index (χ0v) is 24.4. The first-order valence-corrected chi connectivity index (χ1v) is 14.3. The fourth-order valence-corrected chi connectivity index (χ4v) is 3.85. The molecule has 1 aliphatic carbocycles. The summed E-state index contributed by atoms with van der Waals surface area (Å²) in [6, 6.07) is 13.5. The molecule has 2 aromatic rings. The van der Waals surface area contributed by atoms with Crippen LogP contribution in [0.3, 0.4) is 0 Å². The topological polar surface area (TPSA) is 147 Å². The summed E-state index contributed by atoms with van der Waals surface area (Å²) < 4.78 is 118. The summed E-state index contributed by atoms with van der Waals surface area (Å²) in [7, 11) is -7.70. The molecule has 2 aromatic heterocycles. The Hall–Kier alpha value is -1.86. The van der Waals surface area contributed by atoms with Crippen LogP contribution in [0.25, 0.3) is 0 Å². The molecule has 0 radical (unpaired) electrons. The van der Waals surface area contributed by atoms with Gasteiger partial charge in [0.25, 0.3) is 0 Å². The van der Waals surface area contributed by atoms with E-state index in [1.165, 1.54) is 25.7 Å². The van der Waals surface area contributed by atoms with Gasteiger partial charge in [-0.3, -0.25) is 19.8 Å². The normalized spacial score (nSPS) is 18.0. The fourth-order valence-electron chi connectivity index (χ4n) is 3.85. The van der Waals surface area contributed by atoms with Gasteiger partial charge in [-0.1, -0.05) is 25.0 Å². The molecule has 2 heterocycles. The maximum Gasteiger partial charge on any atom is 2.00 e. The van der Waals surface area contributed by atoms with Gasteiger partial charge in [-0.25, -0.2) is 16.8 Å². The Morgan fingerprint density at radius 2 is 1.02 bits per heavy atom. The van der Waals surface area contributed by atoms with Gasteiger partial charge in [0.2, 0.25) is 0 Å². The van der Waals surface area contributed by atoms with E-state index in [4.69, 9.17) is 25.9 Å². The zero-order chi connectivity index (χ0) is 30.8. The van der Waals surface area contributed by atoms with Crippen molar-refractivity contribution >= 4 is 20.2 Å². The van der Waals surface area contributed by atoms with Crippen molar-refractivity contribution in [3.63, 3.8) is 0 Å². The maximum absolute atomic E-state index is 10.7. The molecule has 234 valence electrons. The van der Waals surface area contributed by atoms with Crippen LogP contribution < -0.4 is 0 Å². The van der Waals surface area contributed by atoms with Crippen LogP contribution in [-0.4, -0.2) is 82.9 Å². The first-order valence-electron chi connectivity index (χ1n) is 11.5. The summed E-state index contributed by atoms with van der Waals surface area (Å²) in [5, 5.41) is 0. The second-order valence-electron chi connectivity index (χ2n) is 8.69. The largest absolute Gasteiger partial charge is 2.00 e. The predicted octanol–water partition coefficient (Wildman–Crippen LogP) is 3.45. The Morgan fingerprint density at radius 1 is 0.732 bits per heavy atom. The fraction of sp³-hybridized carbons (Fsp3) is 0.545. The molecular formula is C22H28F6FeN4O6S2. The molecule has 1 saturated carbocycles. The van der Waals surface area contributed by atoms with Crippen LogP contribution in [0.1, 0.15) is 37.1 Å². The van der Waals surface area contributed by atoms with Crippen molar-refractivity contribution in [3.8, 4) is 0 Å². The molecule has 2 unspecified atom stereocenters. The Balaban J connectivity index is 0.000000781. The second kappa shape index (κ2) is 16.7. The van der Waals surface area contributed by atoms with E-state index in [1.807, 2.05) is 24.5 Å². The van der Waals surface area contributed by atoms with E-state index in [0.29, 0.717) is 12.1 Å². The van der Waals surface area contributed by atoms with Gasteiger partial charge < -0.3 is 9.11 Å². The van der Waals surface area contributed by atoms with Gasteiger partial charge in [-0.2, -0.15) is 26.3 Å². The first-order chi connectivity index (χ1) is 18.2. The number of rotatable bonds is 6. The van der Waals surface area contributed by atoms with Gasteiger partial charge in [0.05, 0.1) is 11.4 Å². The third kappa shape index (κ3) is 14.2. The number of likely N-dealkylation sites (N-methyl/N-ethyl adjacent to an activating group) is 2. The van der Waals surface area contributed by atoms with Gasteiger partial charge in [0.1, 0.15) is 0 Å². The number of aromatic nitrogens is 2. The molecule has 10 nitrogen and oxygen atoms in total. The van der Waals surface area contributed by atoms with Crippen molar-refractivity contribution in [1.29, 1.82) is 0 Å². The zero-order valence-electron chi connectivity index (χ0n) is 21.7. The maximum atomic E-state index is 10.7. The van der Waals surface area contributed by atoms with E-state index in [-0.39, 0.29) is 17.1 Å². The predicted molar refractivity (Wildman–Crippen MR) is 129 cm³/mol. The van der Waals surface area contributed by atoms with Crippen LogP contribution in [0, 0.1) is 0 Å². The van der Waals surface area contributed by atoms with Crippen molar-refractivity contribution < 1.29 is 69.4 Å². The Morgan fingerprint density at radius 3 is 1.24 bits per heavy atom. The van der Waals surface area contributed by atoms with Crippen molar-refractivity contribution in [2.24, 2.45) is 0 Å². The average molecular weight is 678 g/mol. The van der Waals surface area contributed by atoms with Crippen molar-refractivity contribution in [3.05, 3.63) is 60.2 Å². The minimum atomic E-state index is -6.09. The number of hydrogen-bond acceptors (Lipinski definition) is 10. The van der Waals surface area contributed by atoms with E-state index in [9.17, 15) is 26.3 Å². The van der Waals surface area contributed by atoms with Crippen LogP contribution in [0.5, 0.6) is 0 Å². The number of alkyl halides is 6. The molecule has 0 amide bonds. The summed E-state index contributed by atoms with van der Waals surface area (Å²) >= 11 is 0. The summed E-state index contributed by atoms with van der Waals surface area (Å²) in [4.78, 5) is 13.9.